The Labute approximate surface area is 131 Å². The van der Waals surface area contributed by atoms with Crippen molar-refractivity contribution in [2.75, 3.05) is 13.2 Å². The molecular formula is C18H34O3. The number of carbonyl (C=O) groups is 1. The zero-order valence-electron chi connectivity index (χ0n) is 14.1. The number of hydrogen-bond donors (Lipinski definition) is 1. The quantitative estimate of drug-likeness (QED) is 0.250. The van der Waals surface area contributed by atoms with Crippen molar-refractivity contribution in [3.63, 3.8) is 0 Å². The molecule has 0 heterocycles. The lowest BCUT2D eigenvalue weighted by molar-refractivity contribution is -0.104. The van der Waals surface area contributed by atoms with Gasteiger partial charge >= 0.3 is 0 Å². The van der Waals surface area contributed by atoms with Gasteiger partial charge in [-0.05, 0) is 46.1 Å². The maximum absolute atomic E-state index is 10.00. The Hall–Kier alpha value is -0.930. The lowest BCUT2D eigenvalue weighted by atomic mass is 10.1. The van der Waals surface area contributed by atoms with Crippen LogP contribution in [0.15, 0.2) is 24.3 Å². The second kappa shape index (κ2) is 21.4. The summed E-state index contributed by atoms with van der Waals surface area (Å²) in [4.78, 5) is 10.00. The van der Waals surface area contributed by atoms with Crippen molar-refractivity contribution in [3.8, 4) is 0 Å². The third-order valence-corrected chi connectivity index (χ3v) is 2.87. The first-order valence-corrected chi connectivity index (χ1v) is 8.22. The molecule has 0 aliphatic rings. The Kier molecular flexibility index (Phi) is 22.7. The minimum atomic E-state index is 0.250. The van der Waals surface area contributed by atoms with Gasteiger partial charge < -0.3 is 9.84 Å². The first-order valence-electron chi connectivity index (χ1n) is 8.22. The van der Waals surface area contributed by atoms with Crippen LogP contribution in [0.1, 0.15) is 65.7 Å². The smallest absolute Gasteiger partial charge is 0.142 e. The molecule has 0 bridgehead atoms. The van der Waals surface area contributed by atoms with Crippen LogP contribution < -0.4 is 0 Å². The van der Waals surface area contributed by atoms with Crippen molar-refractivity contribution in [1.29, 1.82) is 0 Å². The molecule has 0 saturated carbocycles. The fourth-order valence-electron chi connectivity index (χ4n) is 1.88. The highest BCUT2D eigenvalue weighted by molar-refractivity contribution is 5.65. The summed E-state index contributed by atoms with van der Waals surface area (Å²) in [6.45, 7) is 6.96. The largest absolute Gasteiger partial charge is 0.397 e. The summed E-state index contributed by atoms with van der Waals surface area (Å²) in [6, 6.07) is 0. The van der Waals surface area contributed by atoms with E-state index in [1.165, 1.54) is 44.6 Å². The Morgan fingerprint density at radius 3 is 2.24 bits per heavy atom. The van der Waals surface area contributed by atoms with E-state index in [2.05, 4.69) is 13.0 Å². The van der Waals surface area contributed by atoms with Gasteiger partial charge in [-0.25, -0.2) is 0 Å². The molecule has 0 aromatic rings. The van der Waals surface area contributed by atoms with E-state index in [1.54, 1.807) is 13.0 Å². The van der Waals surface area contributed by atoms with Crippen LogP contribution in [0.3, 0.4) is 0 Å². The zero-order chi connectivity index (χ0) is 16.2. The molecule has 1 atom stereocenters. The molecule has 0 aliphatic heterocycles. The monoisotopic (exact) mass is 298 g/mol. The third kappa shape index (κ3) is 24.5. The topological polar surface area (TPSA) is 46.5 Å². The summed E-state index contributed by atoms with van der Waals surface area (Å²) >= 11 is 0. The molecule has 0 saturated heterocycles. The predicted molar refractivity (Wildman–Crippen MR) is 90.5 cm³/mol. The van der Waals surface area contributed by atoms with Gasteiger partial charge in [-0.15, -0.1) is 0 Å². The van der Waals surface area contributed by atoms with Gasteiger partial charge in [-0.1, -0.05) is 43.9 Å². The Balaban J connectivity index is 0. The first-order chi connectivity index (χ1) is 10.2. The average Bonchev–Trinajstić information content (AvgIpc) is 2.46. The number of hydrogen-bond acceptors (Lipinski definition) is 3. The number of rotatable bonds is 12. The summed E-state index contributed by atoms with van der Waals surface area (Å²) in [5, 5.41) is 7.57. The second-order valence-electron chi connectivity index (χ2n) is 4.88. The first kappa shape index (κ1) is 22.4. The van der Waals surface area contributed by atoms with E-state index < -0.39 is 0 Å². The van der Waals surface area contributed by atoms with E-state index in [9.17, 15) is 4.79 Å². The molecule has 0 rings (SSSR count). The minimum Gasteiger partial charge on any atom is -0.397 e. The average molecular weight is 298 g/mol. The number of ether oxygens (including phenoxy) is 1. The molecule has 0 aromatic heterocycles. The molecule has 0 aromatic carbocycles. The fourth-order valence-corrected chi connectivity index (χ4v) is 1.88. The molecular weight excluding hydrogens is 264 g/mol. The molecule has 0 fully saturated rings. The van der Waals surface area contributed by atoms with Gasteiger partial charge in [0.1, 0.15) is 6.29 Å². The summed E-state index contributed by atoms with van der Waals surface area (Å²) in [5.41, 5.74) is 0. The van der Waals surface area contributed by atoms with E-state index in [1.807, 2.05) is 13.0 Å². The van der Waals surface area contributed by atoms with Gasteiger partial charge in [0, 0.05) is 13.2 Å². The number of aliphatic hydroxyl groups is 1. The van der Waals surface area contributed by atoms with Gasteiger partial charge in [0.25, 0.3) is 0 Å². The Morgan fingerprint density at radius 2 is 1.62 bits per heavy atom. The van der Waals surface area contributed by atoms with E-state index in [0.29, 0.717) is 6.10 Å². The highest BCUT2D eigenvalue weighted by Crippen LogP contribution is 2.10. The van der Waals surface area contributed by atoms with Crippen LogP contribution in [0.5, 0.6) is 0 Å². The Bertz CT molecular complexity index is 247. The molecule has 21 heavy (non-hydrogen) atoms. The predicted octanol–water partition coefficient (Wildman–Crippen LogP) is 4.45. The molecule has 0 amide bonds. The van der Waals surface area contributed by atoms with Gasteiger partial charge in [-0.3, -0.25) is 4.79 Å². The van der Waals surface area contributed by atoms with E-state index in [0.717, 1.165) is 19.3 Å². The molecule has 0 aliphatic carbocycles. The van der Waals surface area contributed by atoms with Gasteiger partial charge in [0.05, 0.1) is 6.10 Å². The third-order valence-electron chi connectivity index (χ3n) is 2.87. The van der Waals surface area contributed by atoms with Crippen molar-refractivity contribution in [1.82, 2.24) is 0 Å². The summed E-state index contributed by atoms with van der Waals surface area (Å²) in [7, 11) is 0. The number of aldehydes is 1. The van der Waals surface area contributed by atoms with Gasteiger partial charge in [-0.2, -0.15) is 0 Å². The highest BCUT2D eigenvalue weighted by Gasteiger charge is 1.99. The molecule has 124 valence electrons. The zero-order valence-corrected chi connectivity index (χ0v) is 14.1. The molecule has 1 N–H and O–H groups in total. The van der Waals surface area contributed by atoms with Crippen LogP contribution in [0.4, 0.5) is 0 Å². The van der Waals surface area contributed by atoms with E-state index >= 15 is 0 Å². The molecule has 1 unspecified atom stereocenters. The van der Waals surface area contributed by atoms with Crippen LogP contribution in [0.25, 0.3) is 0 Å². The minimum absolute atomic E-state index is 0.250. The second-order valence-corrected chi connectivity index (χ2v) is 4.88. The van der Waals surface area contributed by atoms with Crippen LogP contribution in [0.2, 0.25) is 0 Å². The lowest BCUT2D eigenvalue weighted by Gasteiger charge is -2.10. The van der Waals surface area contributed by atoms with Crippen molar-refractivity contribution < 1.29 is 14.6 Å². The summed E-state index contributed by atoms with van der Waals surface area (Å²) in [6.07, 6.45) is 17.3. The number of aliphatic hydroxyl groups excluding tert-OH is 1. The van der Waals surface area contributed by atoms with Crippen LogP contribution >= 0.6 is 0 Å². The van der Waals surface area contributed by atoms with Crippen LogP contribution in [-0.2, 0) is 9.53 Å². The highest BCUT2D eigenvalue weighted by atomic mass is 16.5. The number of allylic oxidation sites excluding steroid dienone is 4. The summed E-state index contributed by atoms with van der Waals surface area (Å²) in [5.74, 6) is 0. The number of carbonyl (C=O) groups excluding carboxylic acids is 1. The lowest BCUT2D eigenvalue weighted by Crippen LogP contribution is -2.07. The molecule has 3 heteroatoms. The van der Waals surface area contributed by atoms with Crippen molar-refractivity contribution in [3.05, 3.63) is 24.3 Å². The maximum atomic E-state index is 10.00. The van der Waals surface area contributed by atoms with E-state index in [4.69, 9.17) is 9.84 Å². The molecule has 0 spiro atoms. The van der Waals surface area contributed by atoms with Crippen LogP contribution in [-0.4, -0.2) is 30.7 Å². The van der Waals surface area contributed by atoms with Gasteiger partial charge in [0.15, 0.2) is 0 Å². The van der Waals surface area contributed by atoms with Crippen molar-refractivity contribution in [2.24, 2.45) is 0 Å². The Morgan fingerprint density at radius 1 is 1.00 bits per heavy atom. The number of unbranched alkanes of at least 4 members (excludes halogenated alkanes) is 5. The molecule has 3 nitrogen and oxygen atoms in total. The standard InChI is InChI=1S/C16H28O2.C2H6O/c1-3-18-16(2)14-12-10-8-6-4-5-7-9-11-13-15-17;1-2-3/h7,9,11,13,15-16H,3-6,8,10,12,14H2,1-2H3;3H,2H2,1H3. The van der Waals surface area contributed by atoms with Gasteiger partial charge in [0.2, 0.25) is 0 Å². The SMILES string of the molecule is CCO.CCOC(C)CCCCCCCC=CC=CC=O. The van der Waals surface area contributed by atoms with Crippen molar-refractivity contribution in [2.45, 2.75) is 71.8 Å². The van der Waals surface area contributed by atoms with E-state index in [-0.39, 0.29) is 6.61 Å². The maximum Gasteiger partial charge on any atom is 0.142 e. The summed E-state index contributed by atoms with van der Waals surface area (Å²) < 4.78 is 5.49. The van der Waals surface area contributed by atoms with Crippen LogP contribution in [0, 0.1) is 0 Å². The molecule has 0 radical (unpaired) electrons. The normalized spacial score (nSPS) is 12.4. The van der Waals surface area contributed by atoms with Crippen molar-refractivity contribution >= 4 is 6.29 Å². The fraction of sp³-hybridized carbons (Fsp3) is 0.722.